The van der Waals surface area contributed by atoms with Gasteiger partial charge in [0, 0.05) is 38.4 Å². The molecule has 0 saturated carbocycles. The maximum absolute atomic E-state index is 13.2. The van der Waals surface area contributed by atoms with Gasteiger partial charge < -0.3 is 15.0 Å². The Morgan fingerprint density at radius 3 is 2.56 bits per heavy atom. The number of carbonyl (C=O) groups excluding carboxylic acids is 2. The second kappa shape index (κ2) is 9.96. The van der Waals surface area contributed by atoms with Gasteiger partial charge in [-0.1, -0.05) is 54.6 Å². The molecule has 2 aliphatic rings. The van der Waals surface area contributed by atoms with Crippen molar-refractivity contribution in [2.45, 2.75) is 19.3 Å². The van der Waals surface area contributed by atoms with Crippen LogP contribution in [0.3, 0.4) is 0 Å². The highest BCUT2D eigenvalue weighted by Crippen LogP contribution is 2.38. The first-order chi connectivity index (χ1) is 15.6. The van der Waals surface area contributed by atoms with Gasteiger partial charge in [0.05, 0.1) is 5.41 Å². The summed E-state index contributed by atoms with van der Waals surface area (Å²) in [5.41, 5.74) is 3.34. The van der Waals surface area contributed by atoms with Crippen LogP contribution in [-0.2, 0) is 16.0 Å². The first-order valence-electron chi connectivity index (χ1n) is 11.2. The van der Waals surface area contributed by atoms with Crippen molar-refractivity contribution in [1.29, 1.82) is 0 Å². The maximum Gasteiger partial charge on any atom is 0.254 e. The molecule has 5 nitrogen and oxygen atoms in total. The molecule has 0 bridgehead atoms. The molecular weight excluding hydrogens is 400 g/mol. The Hall–Kier alpha value is -3.18. The zero-order valence-corrected chi connectivity index (χ0v) is 18.4. The fraction of sp³-hybridized carbons (Fsp3) is 0.333. The Labute approximate surface area is 189 Å². The van der Waals surface area contributed by atoms with Crippen molar-refractivity contribution < 1.29 is 14.3 Å². The number of hydrogen-bond acceptors (Lipinski definition) is 3. The fourth-order valence-corrected chi connectivity index (χ4v) is 4.57. The lowest BCUT2D eigenvalue weighted by molar-refractivity contribution is -0.136. The van der Waals surface area contributed by atoms with E-state index in [1.807, 2.05) is 53.5 Å². The monoisotopic (exact) mass is 430 g/mol. The van der Waals surface area contributed by atoms with Gasteiger partial charge in [0.15, 0.2) is 0 Å². The summed E-state index contributed by atoms with van der Waals surface area (Å²) in [6.07, 6.45) is 7.74. The van der Waals surface area contributed by atoms with Gasteiger partial charge in [0.1, 0.15) is 0 Å². The number of nitrogens with zero attached hydrogens (tertiary/aromatic N) is 1. The van der Waals surface area contributed by atoms with Gasteiger partial charge in [-0.2, -0.15) is 0 Å². The van der Waals surface area contributed by atoms with E-state index >= 15 is 0 Å². The van der Waals surface area contributed by atoms with E-state index in [0.717, 1.165) is 16.7 Å². The summed E-state index contributed by atoms with van der Waals surface area (Å²) in [4.78, 5) is 27.9. The Kier molecular flexibility index (Phi) is 6.86. The molecule has 0 aromatic heterocycles. The van der Waals surface area contributed by atoms with Gasteiger partial charge in [0.2, 0.25) is 5.91 Å². The Balaban J connectivity index is 1.64. The molecule has 0 aliphatic carbocycles. The summed E-state index contributed by atoms with van der Waals surface area (Å²) in [5, 5.41) is 3.01. The van der Waals surface area contributed by atoms with E-state index in [0.29, 0.717) is 57.7 Å². The molecule has 4 rings (SSSR count). The zero-order chi connectivity index (χ0) is 22.4. The highest BCUT2D eigenvalue weighted by molar-refractivity contribution is 5.96. The summed E-state index contributed by atoms with van der Waals surface area (Å²) in [6, 6.07) is 16.0. The molecule has 5 heteroatoms. The largest absolute Gasteiger partial charge is 0.381 e. The van der Waals surface area contributed by atoms with Crippen molar-refractivity contribution in [3.63, 3.8) is 0 Å². The number of hydrogen-bond donors (Lipinski definition) is 1. The molecular formula is C27H30N2O3. The number of benzene rings is 2. The van der Waals surface area contributed by atoms with Gasteiger partial charge in [0.25, 0.3) is 5.91 Å². The first-order valence-corrected chi connectivity index (χ1v) is 11.2. The Morgan fingerprint density at radius 1 is 1.06 bits per heavy atom. The highest BCUT2D eigenvalue weighted by atomic mass is 16.5. The van der Waals surface area contributed by atoms with Crippen molar-refractivity contribution >= 4 is 11.8 Å². The van der Waals surface area contributed by atoms with Gasteiger partial charge in [-0.15, -0.1) is 6.58 Å². The maximum atomic E-state index is 13.2. The van der Waals surface area contributed by atoms with Gasteiger partial charge in [-0.3, -0.25) is 9.59 Å². The third kappa shape index (κ3) is 4.68. The van der Waals surface area contributed by atoms with Crippen molar-refractivity contribution in [1.82, 2.24) is 10.2 Å². The predicted octanol–water partition coefficient (Wildman–Crippen LogP) is 4.01. The average Bonchev–Trinajstić information content (AvgIpc) is 3.38. The molecule has 1 fully saturated rings. The summed E-state index contributed by atoms with van der Waals surface area (Å²) in [5.74, 6) is 0.0972. The van der Waals surface area contributed by atoms with Crippen LogP contribution in [0.1, 0.15) is 28.8 Å². The molecule has 0 radical (unpaired) electrons. The average molecular weight is 431 g/mol. The first kappa shape index (κ1) is 22.0. The van der Waals surface area contributed by atoms with Crippen LogP contribution in [-0.4, -0.2) is 49.6 Å². The van der Waals surface area contributed by atoms with Crippen molar-refractivity contribution in [2.75, 3.05) is 32.8 Å². The van der Waals surface area contributed by atoms with Gasteiger partial charge in [-0.05, 0) is 48.1 Å². The standard InChI is InChI=1S/C27H30N2O3/c1-2-14-28-26(31)27(12-17-32-18-13-27)20-23-8-3-4-11-24(23)21-9-7-10-22(19-21)25(30)29-15-5-6-16-29/h2-11,19H,1,12-18,20H2,(H,28,31). The molecule has 2 aliphatic heterocycles. The second-order valence-corrected chi connectivity index (χ2v) is 8.49. The summed E-state index contributed by atoms with van der Waals surface area (Å²) < 4.78 is 5.58. The highest BCUT2D eigenvalue weighted by Gasteiger charge is 2.40. The number of carbonyl (C=O) groups is 2. The minimum Gasteiger partial charge on any atom is -0.381 e. The van der Waals surface area contributed by atoms with E-state index in [9.17, 15) is 9.59 Å². The zero-order valence-electron chi connectivity index (χ0n) is 18.4. The number of ether oxygens (including phenoxy) is 1. The molecule has 2 aromatic rings. The lowest BCUT2D eigenvalue weighted by Crippen LogP contribution is -2.46. The summed E-state index contributed by atoms with van der Waals surface area (Å²) in [7, 11) is 0. The van der Waals surface area contributed by atoms with Gasteiger partial charge >= 0.3 is 0 Å². The molecule has 32 heavy (non-hydrogen) atoms. The van der Waals surface area contributed by atoms with Gasteiger partial charge in [-0.25, -0.2) is 0 Å². The van der Waals surface area contributed by atoms with Crippen LogP contribution >= 0.6 is 0 Å². The van der Waals surface area contributed by atoms with Crippen LogP contribution in [0, 0.1) is 5.41 Å². The fourth-order valence-electron chi connectivity index (χ4n) is 4.57. The van der Waals surface area contributed by atoms with Crippen LogP contribution in [0.15, 0.2) is 73.3 Å². The Bertz CT molecular complexity index is 1010. The lowest BCUT2D eigenvalue weighted by Gasteiger charge is -2.36. The molecule has 0 atom stereocenters. The third-order valence-corrected chi connectivity index (χ3v) is 6.41. The lowest BCUT2D eigenvalue weighted by atomic mass is 9.73. The van der Waals surface area contributed by atoms with Crippen molar-refractivity contribution in [3.05, 3.63) is 84.5 Å². The smallest absolute Gasteiger partial charge is 0.254 e. The number of nitrogens with one attached hydrogen (secondary N) is 1. The van der Waals surface area contributed by atoms with Crippen molar-refractivity contribution in [3.8, 4) is 11.1 Å². The molecule has 1 saturated heterocycles. The van der Waals surface area contributed by atoms with Crippen LogP contribution in [0.4, 0.5) is 0 Å². The van der Waals surface area contributed by atoms with Crippen molar-refractivity contribution in [2.24, 2.45) is 5.41 Å². The van der Waals surface area contributed by atoms with E-state index in [2.05, 4.69) is 24.0 Å². The van der Waals surface area contributed by atoms with Crippen LogP contribution < -0.4 is 5.32 Å². The summed E-state index contributed by atoms with van der Waals surface area (Å²) >= 11 is 0. The van der Waals surface area contributed by atoms with E-state index in [1.165, 1.54) is 0 Å². The summed E-state index contributed by atoms with van der Waals surface area (Å²) in [6.45, 7) is 6.65. The second-order valence-electron chi connectivity index (χ2n) is 8.49. The molecule has 166 valence electrons. The van der Waals surface area contributed by atoms with E-state index in [4.69, 9.17) is 4.74 Å². The normalized spacial score (nSPS) is 17.2. The quantitative estimate of drug-likeness (QED) is 0.676. The van der Waals surface area contributed by atoms with Crippen LogP contribution in [0.2, 0.25) is 0 Å². The SMILES string of the molecule is C=CCNC(=O)C1(Cc2ccccc2-c2cccc(C(=O)N3CC=CC3)c2)CCOCC1. The minimum absolute atomic E-state index is 0.0408. The van der Waals surface area contributed by atoms with Crippen LogP contribution in [0.5, 0.6) is 0 Å². The molecule has 0 spiro atoms. The Morgan fingerprint density at radius 2 is 1.81 bits per heavy atom. The topological polar surface area (TPSA) is 58.6 Å². The molecule has 1 N–H and O–H groups in total. The van der Waals surface area contributed by atoms with E-state index in [-0.39, 0.29) is 11.8 Å². The predicted molar refractivity (Wildman–Crippen MR) is 126 cm³/mol. The van der Waals surface area contributed by atoms with Crippen LogP contribution in [0.25, 0.3) is 11.1 Å². The minimum atomic E-state index is -0.508. The van der Waals surface area contributed by atoms with E-state index in [1.54, 1.807) is 6.08 Å². The molecule has 2 heterocycles. The molecule has 2 amide bonds. The number of amides is 2. The molecule has 0 unspecified atom stereocenters. The van der Waals surface area contributed by atoms with E-state index < -0.39 is 5.41 Å². The third-order valence-electron chi connectivity index (χ3n) is 6.41. The number of rotatable bonds is 7. The molecule has 2 aromatic carbocycles.